The lowest BCUT2D eigenvalue weighted by Crippen LogP contribution is -2.09. The van der Waals surface area contributed by atoms with Gasteiger partial charge in [0.2, 0.25) is 5.91 Å². The average Bonchev–Trinajstić information content (AvgIpc) is 2.94. The Morgan fingerprint density at radius 3 is 2.48 bits per heavy atom. The molecule has 0 amide bonds. The van der Waals surface area contributed by atoms with Gasteiger partial charge in [0.15, 0.2) is 0 Å². The van der Waals surface area contributed by atoms with Crippen molar-refractivity contribution in [2.45, 2.75) is 6.92 Å². The van der Waals surface area contributed by atoms with Gasteiger partial charge in [0.1, 0.15) is 0 Å². The van der Waals surface area contributed by atoms with Crippen LogP contribution in [0.4, 0.5) is 5.69 Å². The second kappa shape index (κ2) is 5.20. The van der Waals surface area contributed by atoms with E-state index in [9.17, 15) is 4.79 Å². The Labute approximate surface area is 122 Å². The Balaban J connectivity index is 2.13. The lowest BCUT2D eigenvalue weighted by atomic mass is 10.1. The zero-order valence-electron chi connectivity index (χ0n) is 11.5. The molecule has 0 aliphatic heterocycles. The molecule has 21 heavy (non-hydrogen) atoms. The van der Waals surface area contributed by atoms with Crippen LogP contribution in [-0.2, 0) is 0 Å². The van der Waals surface area contributed by atoms with Crippen LogP contribution in [0.1, 0.15) is 11.7 Å². The average molecular weight is 278 g/mol. The molecule has 5 nitrogen and oxygen atoms in total. The first-order chi connectivity index (χ1) is 10.1. The summed E-state index contributed by atoms with van der Waals surface area (Å²) in [6.45, 7) is 1.48. The number of hydrogen-bond donors (Lipinski definition) is 1. The summed E-state index contributed by atoms with van der Waals surface area (Å²) in [5, 5.41) is 4.37. The second-order valence-electron chi connectivity index (χ2n) is 4.68. The van der Waals surface area contributed by atoms with Gasteiger partial charge in [-0.2, -0.15) is 9.78 Å². The molecule has 104 valence electrons. The number of nitrogens with two attached hydrogens (primary N) is 1. The van der Waals surface area contributed by atoms with Crippen LogP contribution in [0.15, 0.2) is 54.7 Å². The number of rotatable bonds is 2. The first kappa shape index (κ1) is 13.1. The van der Waals surface area contributed by atoms with E-state index in [1.807, 2.05) is 48.5 Å². The summed E-state index contributed by atoms with van der Waals surface area (Å²) in [6, 6.07) is 14.8. The zero-order valence-corrected chi connectivity index (χ0v) is 11.5. The van der Waals surface area contributed by atoms with Crippen molar-refractivity contribution in [1.82, 2.24) is 14.8 Å². The van der Waals surface area contributed by atoms with E-state index in [1.54, 1.807) is 6.20 Å². The fourth-order valence-electron chi connectivity index (χ4n) is 2.11. The largest absolute Gasteiger partial charge is 0.399 e. The fraction of sp³-hybridized carbons (Fsp3) is 0.0625. The van der Waals surface area contributed by atoms with Crippen LogP contribution < -0.4 is 5.73 Å². The highest BCUT2D eigenvalue weighted by molar-refractivity contribution is 5.82. The Hall–Kier alpha value is -2.95. The van der Waals surface area contributed by atoms with Gasteiger partial charge in [0.05, 0.1) is 17.1 Å². The molecule has 2 N–H and O–H groups in total. The maximum absolute atomic E-state index is 11.8. The lowest BCUT2D eigenvalue weighted by Gasteiger charge is -2.01. The Morgan fingerprint density at radius 2 is 1.86 bits per heavy atom. The normalized spacial score (nSPS) is 10.5. The molecule has 0 saturated carbocycles. The van der Waals surface area contributed by atoms with E-state index in [0.29, 0.717) is 22.8 Å². The molecule has 1 aromatic carbocycles. The number of aromatic nitrogens is 3. The van der Waals surface area contributed by atoms with Gasteiger partial charge >= 0.3 is 0 Å². The molecule has 0 bridgehead atoms. The predicted molar refractivity (Wildman–Crippen MR) is 81.6 cm³/mol. The van der Waals surface area contributed by atoms with Crippen LogP contribution in [0.3, 0.4) is 0 Å². The van der Waals surface area contributed by atoms with E-state index in [2.05, 4.69) is 10.1 Å². The van der Waals surface area contributed by atoms with Crippen molar-refractivity contribution in [1.29, 1.82) is 0 Å². The SMILES string of the molecule is CC(=O)n1nc(-c2ccc(N)cc2)cc1-c1ccccn1. The summed E-state index contributed by atoms with van der Waals surface area (Å²) in [7, 11) is 0. The number of carbonyl (C=O) groups is 1. The van der Waals surface area contributed by atoms with Gasteiger partial charge in [-0.05, 0) is 30.3 Å². The van der Waals surface area contributed by atoms with E-state index in [-0.39, 0.29) is 5.91 Å². The number of hydrogen-bond acceptors (Lipinski definition) is 4. The summed E-state index contributed by atoms with van der Waals surface area (Å²) in [5.41, 5.74) is 9.38. The predicted octanol–water partition coefficient (Wildman–Crippen LogP) is 2.85. The first-order valence-electron chi connectivity index (χ1n) is 6.53. The van der Waals surface area contributed by atoms with Crippen LogP contribution in [0.5, 0.6) is 0 Å². The molecule has 0 fully saturated rings. The monoisotopic (exact) mass is 278 g/mol. The summed E-state index contributed by atoms with van der Waals surface area (Å²) in [6.07, 6.45) is 1.69. The standard InChI is InChI=1S/C16H14N4O/c1-11(21)20-16(14-4-2-3-9-18-14)10-15(19-20)12-5-7-13(17)8-6-12/h2-10H,17H2,1H3. The highest BCUT2D eigenvalue weighted by Crippen LogP contribution is 2.25. The number of carbonyl (C=O) groups excluding carboxylic acids is 1. The smallest absolute Gasteiger partial charge is 0.244 e. The molecule has 5 heteroatoms. The minimum atomic E-state index is -0.155. The van der Waals surface area contributed by atoms with Gasteiger partial charge < -0.3 is 5.73 Å². The molecule has 0 spiro atoms. The zero-order chi connectivity index (χ0) is 14.8. The lowest BCUT2D eigenvalue weighted by molar-refractivity contribution is 0.0923. The fourth-order valence-corrected chi connectivity index (χ4v) is 2.11. The molecular formula is C16H14N4O. The molecule has 0 saturated heterocycles. The summed E-state index contributed by atoms with van der Waals surface area (Å²) < 4.78 is 1.37. The van der Waals surface area contributed by atoms with Gasteiger partial charge in [-0.1, -0.05) is 18.2 Å². The number of benzene rings is 1. The van der Waals surface area contributed by atoms with Crippen molar-refractivity contribution in [2.75, 3.05) is 5.73 Å². The Morgan fingerprint density at radius 1 is 1.10 bits per heavy atom. The van der Waals surface area contributed by atoms with Crippen molar-refractivity contribution < 1.29 is 4.79 Å². The third kappa shape index (κ3) is 2.53. The number of nitrogen functional groups attached to an aromatic ring is 1. The van der Waals surface area contributed by atoms with Crippen molar-refractivity contribution in [3.63, 3.8) is 0 Å². The van der Waals surface area contributed by atoms with Crippen LogP contribution in [0.2, 0.25) is 0 Å². The molecule has 0 radical (unpaired) electrons. The molecule has 2 aromatic heterocycles. The third-order valence-electron chi connectivity index (χ3n) is 3.14. The quantitative estimate of drug-likeness (QED) is 0.731. The molecule has 0 atom stereocenters. The molecule has 0 unspecified atom stereocenters. The summed E-state index contributed by atoms with van der Waals surface area (Å²) in [4.78, 5) is 16.1. The second-order valence-corrected chi connectivity index (χ2v) is 4.68. The Bertz CT molecular complexity index is 776. The van der Waals surface area contributed by atoms with Crippen molar-refractivity contribution >= 4 is 11.6 Å². The molecule has 3 rings (SSSR count). The number of pyridine rings is 1. The van der Waals surface area contributed by atoms with Crippen LogP contribution in [-0.4, -0.2) is 20.7 Å². The highest BCUT2D eigenvalue weighted by atomic mass is 16.2. The Kier molecular flexibility index (Phi) is 3.23. The highest BCUT2D eigenvalue weighted by Gasteiger charge is 2.14. The molecule has 0 aliphatic carbocycles. The van der Waals surface area contributed by atoms with Gasteiger partial charge in [0.25, 0.3) is 0 Å². The van der Waals surface area contributed by atoms with E-state index >= 15 is 0 Å². The molecule has 0 aliphatic rings. The maximum Gasteiger partial charge on any atom is 0.244 e. The van der Waals surface area contributed by atoms with E-state index in [1.165, 1.54) is 11.6 Å². The third-order valence-corrected chi connectivity index (χ3v) is 3.14. The molecule has 2 heterocycles. The van der Waals surface area contributed by atoms with Crippen molar-refractivity contribution in [3.05, 3.63) is 54.7 Å². The van der Waals surface area contributed by atoms with Crippen LogP contribution in [0.25, 0.3) is 22.6 Å². The summed E-state index contributed by atoms with van der Waals surface area (Å²) >= 11 is 0. The first-order valence-corrected chi connectivity index (χ1v) is 6.53. The van der Waals surface area contributed by atoms with Crippen LogP contribution in [0, 0.1) is 0 Å². The van der Waals surface area contributed by atoms with E-state index in [0.717, 1.165) is 5.56 Å². The van der Waals surface area contributed by atoms with E-state index in [4.69, 9.17) is 5.73 Å². The van der Waals surface area contributed by atoms with Gasteiger partial charge in [0, 0.05) is 24.4 Å². The van der Waals surface area contributed by atoms with E-state index < -0.39 is 0 Å². The summed E-state index contributed by atoms with van der Waals surface area (Å²) in [5.74, 6) is -0.155. The minimum absolute atomic E-state index is 0.155. The number of nitrogens with zero attached hydrogens (tertiary/aromatic N) is 3. The topological polar surface area (TPSA) is 73.8 Å². The van der Waals surface area contributed by atoms with Gasteiger partial charge in [-0.25, -0.2) is 0 Å². The van der Waals surface area contributed by atoms with Gasteiger partial charge in [-0.3, -0.25) is 9.78 Å². The van der Waals surface area contributed by atoms with Crippen LogP contribution >= 0.6 is 0 Å². The minimum Gasteiger partial charge on any atom is -0.399 e. The van der Waals surface area contributed by atoms with Gasteiger partial charge in [-0.15, -0.1) is 0 Å². The maximum atomic E-state index is 11.8. The molecule has 3 aromatic rings. The van der Waals surface area contributed by atoms with Crippen molar-refractivity contribution in [2.24, 2.45) is 0 Å². The van der Waals surface area contributed by atoms with Crippen molar-refractivity contribution in [3.8, 4) is 22.6 Å². The molecular weight excluding hydrogens is 264 g/mol. The number of anilines is 1.